The number of phenols is 1. The van der Waals surface area contributed by atoms with E-state index in [9.17, 15) is 29.4 Å². The lowest BCUT2D eigenvalue weighted by Gasteiger charge is -2.26. The lowest BCUT2D eigenvalue weighted by atomic mass is 10.00. The Morgan fingerprint density at radius 3 is 2.11 bits per heavy atom. The number of benzene rings is 2. The summed E-state index contributed by atoms with van der Waals surface area (Å²) in [4.78, 5) is 62.3. The van der Waals surface area contributed by atoms with Gasteiger partial charge in [-0.15, -0.1) is 0 Å². The van der Waals surface area contributed by atoms with Gasteiger partial charge < -0.3 is 41.9 Å². The largest absolute Gasteiger partial charge is 0.508 e. The van der Waals surface area contributed by atoms with Crippen molar-refractivity contribution in [1.82, 2.24) is 30.9 Å². The van der Waals surface area contributed by atoms with Gasteiger partial charge in [-0.25, -0.2) is 9.78 Å². The molecule has 0 aliphatic heterocycles. The number of hydrogen-bond acceptors (Lipinski definition) is 7. The fourth-order valence-electron chi connectivity index (χ4n) is 4.74. The van der Waals surface area contributed by atoms with Crippen LogP contribution in [-0.2, 0) is 38.4 Å². The fraction of sp³-hybridized carbons (Fsp3) is 0.323. The van der Waals surface area contributed by atoms with Crippen LogP contribution < -0.4 is 21.7 Å². The van der Waals surface area contributed by atoms with Crippen molar-refractivity contribution in [3.05, 3.63) is 84.1 Å². The molecule has 13 nitrogen and oxygen atoms in total. The van der Waals surface area contributed by atoms with Gasteiger partial charge in [-0.05, 0) is 35.2 Å². The van der Waals surface area contributed by atoms with Crippen LogP contribution in [0.2, 0.25) is 0 Å². The maximum absolute atomic E-state index is 13.8. The summed E-state index contributed by atoms with van der Waals surface area (Å²) in [7, 11) is 0. The number of carboxylic acid groups (broad SMARTS) is 1. The summed E-state index contributed by atoms with van der Waals surface area (Å²) in [6.45, 7) is 3.56. The number of carbonyl (C=O) groups is 4. The number of H-pyrrole nitrogens is 2. The number of carboxylic acids is 1. The number of nitrogens with two attached hydrogens (primary N) is 1. The summed E-state index contributed by atoms with van der Waals surface area (Å²) >= 11 is 0. The molecule has 2 aromatic heterocycles. The van der Waals surface area contributed by atoms with Gasteiger partial charge >= 0.3 is 5.97 Å². The van der Waals surface area contributed by atoms with E-state index in [1.165, 1.54) is 24.7 Å². The minimum atomic E-state index is -1.30. The highest BCUT2D eigenvalue weighted by Crippen LogP contribution is 2.20. The Hall–Kier alpha value is -5.17. The second kappa shape index (κ2) is 14.3. The molecule has 0 aliphatic carbocycles. The molecule has 2 aromatic carbocycles. The number of aliphatic carboxylic acids is 1. The maximum Gasteiger partial charge on any atom is 0.326 e. The first-order valence-electron chi connectivity index (χ1n) is 14.2. The number of carbonyl (C=O) groups excluding carboxylic acids is 3. The first-order chi connectivity index (χ1) is 21.0. The number of para-hydroxylation sites is 1. The van der Waals surface area contributed by atoms with Crippen LogP contribution in [0.1, 0.15) is 30.7 Å². The average molecular weight is 604 g/mol. The van der Waals surface area contributed by atoms with E-state index in [2.05, 4.69) is 30.9 Å². The van der Waals surface area contributed by atoms with Crippen LogP contribution in [-0.4, -0.2) is 73.0 Å². The van der Waals surface area contributed by atoms with Crippen molar-refractivity contribution in [3.8, 4) is 5.75 Å². The molecular weight excluding hydrogens is 566 g/mol. The molecule has 3 amide bonds. The number of phenolic OH excluding ortho intramolecular Hbond substituents is 1. The minimum Gasteiger partial charge on any atom is -0.508 e. The van der Waals surface area contributed by atoms with Crippen molar-refractivity contribution in [2.75, 3.05) is 0 Å². The molecule has 0 saturated heterocycles. The topological polar surface area (TPSA) is 215 Å². The number of aromatic hydroxyl groups is 1. The molecule has 0 bridgehead atoms. The number of imidazole rings is 1. The molecule has 44 heavy (non-hydrogen) atoms. The summed E-state index contributed by atoms with van der Waals surface area (Å²) in [5.41, 5.74) is 8.75. The average Bonchev–Trinajstić information content (AvgIpc) is 3.66. The number of rotatable bonds is 14. The number of nitrogens with zero attached hydrogens (tertiary/aromatic N) is 1. The smallest absolute Gasteiger partial charge is 0.326 e. The van der Waals surface area contributed by atoms with Gasteiger partial charge in [0, 0.05) is 48.3 Å². The van der Waals surface area contributed by atoms with Gasteiger partial charge in [-0.3, -0.25) is 14.4 Å². The highest BCUT2D eigenvalue weighted by atomic mass is 16.4. The molecule has 0 fully saturated rings. The summed E-state index contributed by atoms with van der Waals surface area (Å²) < 4.78 is 0. The van der Waals surface area contributed by atoms with Gasteiger partial charge in [0.25, 0.3) is 0 Å². The van der Waals surface area contributed by atoms with E-state index in [1.807, 2.05) is 24.3 Å². The van der Waals surface area contributed by atoms with E-state index in [1.54, 1.807) is 32.2 Å². The fourth-order valence-corrected chi connectivity index (χ4v) is 4.74. The Bertz CT molecular complexity index is 1580. The molecule has 13 heteroatoms. The monoisotopic (exact) mass is 603 g/mol. The van der Waals surface area contributed by atoms with Crippen molar-refractivity contribution in [2.24, 2.45) is 11.7 Å². The van der Waals surface area contributed by atoms with Crippen LogP contribution in [0.15, 0.2) is 67.3 Å². The minimum absolute atomic E-state index is 0.0311. The molecule has 0 saturated carbocycles. The summed E-state index contributed by atoms with van der Waals surface area (Å²) in [6.07, 6.45) is 4.62. The van der Waals surface area contributed by atoms with Gasteiger partial charge in [-0.2, -0.15) is 0 Å². The number of aromatic nitrogens is 3. The Morgan fingerprint density at radius 1 is 0.841 bits per heavy atom. The Kier molecular flexibility index (Phi) is 10.3. The predicted molar refractivity (Wildman–Crippen MR) is 162 cm³/mol. The van der Waals surface area contributed by atoms with Gasteiger partial charge in [-0.1, -0.05) is 44.2 Å². The molecule has 4 unspecified atom stereocenters. The number of amides is 3. The van der Waals surface area contributed by atoms with Gasteiger partial charge in [0.05, 0.1) is 12.4 Å². The van der Waals surface area contributed by atoms with Crippen LogP contribution in [0, 0.1) is 5.92 Å². The third kappa shape index (κ3) is 8.22. The Morgan fingerprint density at radius 2 is 1.48 bits per heavy atom. The highest BCUT2D eigenvalue weighted by molar-refractivity contribution is 5.95. The number of nitrogens with one attached hydrogen (secondary N) is 5. The van der Waals surface area contributed by atoms with E-state index >= 15 is 0 Å². The molecule has 0 aliphatic rings. The number of aromatic amines is 2. The quantitative estimate of drug-likeness (QED) is 0.104. The van der Waals surface area contributed by atoms with E-state index in [4.69, 9.17) is 5.73 Å². The zero-order valence-corrected chi connectivity index (χ0v) is 24.4. The van der Waals surface area contributed by atoms with E-state index in [0.717, 1.165) is 16.5 Å². The van der Waals surface area contributed by atoms with Crippen molar-refractivity contribution < 1.29 is 29.4 Å². The van der Waals surface area contributed by atoms with Crippen molar-refractivity contribution in [2.45, 2.75) is 57.3 Å². The van der Waals surface area contributed by atoms with Crippen molar-refractivity contribution in [1.29, 1.82) is 0 Å². The SMILES string of the molecule is CC(C)C(N)C(=O)NC(Cc1ccc(O)cc1)C(=O)NC(Cc1c[nH]c2ccccc12)C(=O)NC(Cc1cnc[nH]1)C(=O)O. The van der Waals surface area contributed by atoms with E-state index in [0.29, 0.717) is 11.3 Å². The van der Waals surface area contributed by atoms with Crippen LogP contribution in [0.25, 0.3) is 10.9 Å². The maximum atomic E-state index is 13.8. The third-order valence-electron chi connectivity index (χ3n) is 7.36. The Balaban J connectivity index is 1.61. The molecule has 0 spiro atoms. The molecule has 4 atom stereocenters. The third-order valence-corrected chi connectivity index (χ3v) is 7.36. The first-order valence-corrected chi connectivity index (χ1v) is 14.2. The molecule has 2 heterocycles. The van der Waals surface area contributed by atoms with Crippen LogP contribution >= 0.6 is 0 Å². The predicted octanol–water partition coefficient (Wildman–Crippen LogP) is 1.15. The summed E-state index contributed by atoms with van der Waals surface area (Å²) in [6, 6.07) is 9.10. The van der Waals surface area contributed by atoms with Gasteiger partial charge in [0.15, 0.2) is 0 Å². The molecule has 4 rings (SSSR count). The number of fused-ring (bicyclic) bond motifs is 1. The summed E-state index contributed by atoms with van der Waals surface area (Å²) in [5, 5.41) is 28.3. The second-order valence-corrected chi connectivity index (χ2v) is 11.0. The number of hydrogen-bond donors (Lipinski definition) is 8. The van der Waals surface area contributed by atoms with Crippen LogP contribution in [0.3, 0.4) is 0 Å². The summed E-state index contributed by atoms with van der Waals surface area (Å²) in [5.74, 6) is -3.34. The van der Waals surface area contributed by atoms with Crippen molar-refractivity contribution >= 4 is 34.6 Å². The Labute approximate surface area is 253 Å². The molecule has 0 radical (unpaired) electrons. The van der Waals surface area contributed by atoms with E-state index in [-0.39, 0.29) is 30.9 Å². The van der Waals surface area contributed by atoms with Crippen molar-refractivity contribution in [3.63, 3.8) is 0 Å². The molecular formula is C31H37N7O6. The normalized spacial score (nSPS) is 14.0. The zero-order valence-electron chi connectivity index (χ0n) is 24.4. The lowest BCUT2D eigenvalue weighted by molar-refractivity contribution is -0.142. The molecule has 9 N–H and O–H groups in total. The second-order valence-electron chi connectivity index (χ2n) is 11.0. The lowest BCUT2D eigenvalue weighted by Crippen LogP contribution is -2.58. The van der Waals surface area contributed by atoms with E-state index < -0.39 is 47.9 Å². The standard InChI is InChI=1S/C31H37N7O6/c1-17(2)27(32)30(42)37-24(11-18-7-9-21(39)10-8-18)28(40)36-25(12-19-14-34-23-6-4-3-5-22(19)23)29(41)38-26(31(43)44)13-20-15-33-16-35-20/h3-10,14-17,24-27,34,39H,11-13,32H2,1-2H3,(H,33,35)(H,36,40)(H,37,42)(H,38,41)(H,43,44). The van der Waals surface area contributed by atoms with Crippen LogP contribution in [0.5, 0.6) is 5.75 Å². The van der Waals surface area contributed by atoms with Gasteiger partial charge in [0.2, 0.25) is 17.7 Å². The highest BCUT2D eigenvalue weighted by Gasteiger charge is 2.32. The zero-order chi connectivity index (χ0) is 31.8. The van der Waals surface area contributed by atoms with Gasteiger partial charge in [0.1, 0.15) is 23.9 Å². The molecule has 4 aromatic rings. The first kappa shape index (κ1) is 31.8. The molecule has 232 valence electrons. The van der Waals surface area contributed by atoms with Crippen LogP contribution in [0.4, 0.5) is 0 Å².